The van der Waals surface area contributed by atoms with E-state index < -0.39 is 6.10 Å². The first-order valence-electron chi connectivity index (χ1n) is 8.61. The number of hydrogen-bond acceptors (Lipinski definition) is 3. The number of rotatable bonds is 5. The topological polar surface area (TPSA) is 67.4 Å². The fourth-order valence-corrected chi connectivity index (χ4v) is 2.38. The van der Waals surface area contributed by atoms with Crippen LogP contribution in [0.4, 0.5) is 11.4 Å². The van der Waals surface area contributed by atoms with E-state index in [1.165, 1.54) is 12.5 Å². The second-order valence-electron chi connectivity index (χ2n) is 7.28. The summed E-state index contributed by atoms with van der Waals surface area (Å²) in [6.07, 6.45) is -0.649. The number of benzene rings is 2. The molecule has 0 aromatic heterocycles. The van der Waals surface area contributed by atoms with Gasteiger partial charge >= 0.3 is 0 Å². The van der Waals surface area contributed by atoms with Crippen molar-refractivity contribution in [1.29, 1.82) is 0 Å². The molecule has 2 aromatic carbocycles. The van der Waals surface area contributed by atoms with Gasteiger partial charge in [-0.3, -0.25) is 9.59 Å². The molecule has 2 N–H and O–H groups in total. The summed E-state index contributed by atoms with van der Waals surface area (Å²) in [6.45, 7) is 9.58. The Hall–Kier alpha value is -2.82. The number of carbonyl (C=O) groups is 2. The van der Waals surface area contributed by atoms with Crippen molar-refractivity contribution < 1.29 is 14.3 Å². The van der Waals surface area contributed by atoms with Crippen LogP contribution in [0.15, 0.2) is 48.5 Å². The summed E-state index contributed by atoms with van der Waals surface area (Å²) in [5.74, 6) is 0.202. The zero-order valence-corrected chi connectivity index (χ0v) is 15.9. The van der Waals surface area contributed by atoms with Crippen LogP contribution in [-0.2, 0) is 15.0 Å². The van der Waals surface area contributed by atoms with Crippen LogP contribution < -0.4 is 15.4 Å². The van der Waals surface area contributed by atoms with Gasteiger partial charge < -0.3 is 15.4 Å². The van der Waals surface area contributed by atoms with Gasteiger partial charge in [0.2, 0.25) is 5.91 Å². The van der Waals surface area contributed by atoms with Crippen molar-refractivity contribution in [2.24, 2.45) is 0 Å². The van der Waals surface area contributed by atoms with Crippen molar-refractivity contribution in [2.45, 2.75) is 46.1 Å². The maximum absolute atomic E-state index is 12.3. The van der Waals surface area contributed by atoms with E-state index in [4.69, 9.17) is 4.74 Å². The van der Waals surface area contributed by atoms with Gasteiger partial charge in [0.25, 0.3) is 5.91 Å². The summed E-state index contributed by atoms with van der Waals surface area (Å²) in [5.41, 5.74) is 2.70. The molecular formula is C21H26N2O3. The van der Waals surface area contributed by atoms with Crippen molar-refractivity contribution in [2.75, 3.05) is 10.6 Å². The maximum atomic E-state index is 12.3. The Morgan fingerprint density at radius 2 is 1.38 bits per heavy atom. The summed E-state index contributed by atoms with van der Waals surface area (Å²) in [7, 11) is 0. The third kappa shape index (κ3) is 5.62. The molecular weight excluding hydrogens is 328 g/mol. The number of carbonyl (C=O) groups excluding carboxylic acids is 2. The highest BCUT2D eigenvalue weighted by atomic mass is 16.5. The van der Waals surface area contributed by atoms with E-state index in [1.54, 1.807) is 31.2 Å². The first-order valence-corrected chi connectivity index (χ1v) is 8.61. The highest BCUT2D eigenvalue weighted by Gasteiger charge is 2.16. The fourth-order valence-electron chi connectivity index (χ4n) is 2.38. The molecule has 5 heteroatoms. The van der Waals surface area contributed by atoms with Gasteiger partial charge in [-0.15, -0.1) is 0 Å². The first-order chi connectivity index (χ1) is 12.1. The molecule has 0 unspecified atom stereocenters. The zero-order valence-electron chi connectivity index (χ0n) is 15.9. The normalized spacial score (nSPS) is 12.2. The molecule has 0 saturated carbocycles. The minimum atomic E-state index is -0.649. The minimum Gasteiger partial charge on any atom is -0.481 e. The molecule has 0 spiro atoms. The maximum Gasteiger partial charge on any atom is 0.265 e. The molecule has 0 radical (unpaired) electrons. The zero-order chi connectivity index (χ0) is 19.3. The lowest BCUT2D eigenvalue weighted by Crippen LogP contribution is -2.30. The molecule has 0 heterocycles. The van der Waals surface area contributed by atoms with Crippen LogP contribution in [-0.4, -0.2) is 17.9 Å². The van der Waals surface area contributed by atoms with Gasteiger partial charge in [-0.2, -0.15) is 0 Å². The number of ether oxygens (including phenoxy) is 1. The van der Waals surface area contributed by atoms with E-state index >= 15 is 0 Å². The summed E-state index contributed by atoms with van der Waals surface area (Å²) in [5, 5.41) is 5.54. The quantitative estimate of drug-likeness (QED) is 0.839. The predicted molar refractivity (Wildman–Crippen MR) is 105 cm³/mol. The van der Waals surface area contributed by atoms with E-state index in [0.717, 1.165) is 5.69 Å². The highest BCUT2D eigenvalue weighted by Crippen LogP contribution is 2.23. The Kier molecular flexibility index (Phi) is 6.03. The van der Waals surface area contributed by atoms with Gasteiger partial charge in [0.05, 0.1) is 0 Å². The summed E-state index contributed by atoms with van der Waals surface area (Å²) in [4.78, 5) is 23.3. The van der Waals surface area contributed by atoms with E-state index in [2.05, 4.69) is 31.4 Å². The Morgan fingerprint density at radius 3 is 1.88 bits per heavy atom. The van der Waals surface area contributed by atoms with Crippen LogP contribution in [0.25, 0.3) is 0 Å². The molecule has 0 aliphatic carbocycles. The van der Waals surface area contributed by atoms with E-state index in [1.807, 2.05) is 24.3 Å². The molecule has 0 aliphatic rings. The molecule has 1 atom stereocenters. The van der Waals surface area contributed by atoms with Crippen LogP contribution in [0, 0.1) is 0 Å². The lowest BCUT2D eigenvalue weighted by molar-refractivity contribution is -0.122. The van der Waals surface area contributed by atoms with Crippen molar-refractivity contribution in [1.82, 2.24) is 0 Å². The smallest absolute Gasteiger partial charge is 0.265 e. The van der Waals surface area contributed by atoms with Crippen molar-refractivity contribution in [3.8, 4) is 5.75 Å². The Morgan fingerprint density at radius 1 is 0.885 bits per heavy atom. The number of hydrogen-bond donors (Lipinski definition) is 2. The first kappa shape index (κ1) is 19.5. The average molecular weight is 354 g/mol. The van der Waals surface area contributed by atoms with Crippen LogP contribution >= 0.6 is 0 Å². The molecule has 2 aromatic rings. The third-order valence-electron chi connectivity index (χ3n) is 3.88. The second-order valence-corrected chi connectivity index (χ2v) is 7.28. The Balaban J connectivity index is 1.94. The third-order valence-corrected chi connectivity index (χ3v) is 3.88. The van der Waals surface area contributed by atoms with Crippen LogP contribution in [0.5, 0.6) is 5.75 Å². The Labute approximate surface area is 154 Å². The van der Waals surface area contributed by atoms with Crippen LogP contribution in [0.3, 0.4) is 0 Å². The standard InChI is InChI=1S/C21H26N2O3/c1-14(26-19-12-10-17(11-13-19)22-15(2)24)20(25)23-18-8-6-16(7-9-18)21(3,4)5/h6-14H,1-5H3,(H,22,24)(H,23,25)/t14-/m0/s1. The largest absolute Gasteiger partial charge is 0.481 e. The monoisotopic (exact) mass is 354 g/mol. The van der Waals surface area contributed by atoms with E-state index in [0.29, 0.717) is 11.4 Å². The highest BCUT2D eigenvalue weighted by molar-refractivity contribution is 5.94. The van der Waals surface area contributed by atoms with Gasteiger partial charge in [0, 0.05) is 18.3 Å². The molecule has 138 valence electrons. The number of amides is 2. The molecule has 2 amide bonds. The van der Waals surface area contributed by atoms with Crippen LogP contribution in [0.2, 0.25) is 0 Å². The van der Waals surface area contributed by atoms with Crippen LogP contribution in [0.1, 0.15) is 40.2 Å². The van der Waals surface area contributed by atoms with Gasteiger partial charge in [-0.25, -0.2) is 0 Å². The molecule has 0 fully saturated rings. The number of anilines is 2. The summed E-state index contributed by atoms with van der Waals surface area (Å²) >= 11 is 0. The van der Waals surface area contributed by atoms with Gasteiger partial charge in [-0.1, -0.05) is 32.9 Å². The molecule has 5 nitrogen and oxygen atoms in total. The Bertz CT molecular complexity index is 759. The molecule has 0 saturated heterocycles. The molecule has 0 bridgehead atoms. The van der Waals surface area contributed by atoms with E-state index in [-0.39, 0.29) is 17.2 Å². The molecule has 0 aliphatic heterocycles. The second kappa shape index (κ2) is 8.04. The van der Waals surface area contributed by atoms with Crippen molar-refractivity contribution in [3.63, 3.8) is 0 Å². The van der Waals surface area contributed by atoms with Gasteiger partial charge in [-0.05, 0) is 54.3 Å². The summed E-state index contributed by atoms with van der Waals surface area (Å²) in [6, 6.07) is 14.7. The minimum absolute atomic E-state index is 0.0718. The molecule has 26 heavy (non-hydrogen) atoms. The van der Waals surface area contributed by atoms with E-state index in [9.17, 15) is 9.59 Å². The SMILES string of the molecule is CC(=O)Nc1ccc(O[C@@H](C)C(=O)Nc2ccc(C(C)(C)C)cc2)cc1. The van der Waals surface area contributed by atoms with Crippen molar-refractivity contribution in [3.05, 3.63) is 54.1 Å². The predicted octanol–water partition coefficient (Wildman–Crippen LogP) is 4.35. The summed E-state index contributed by atoms with van der Waals surface area (Å²) < 4.78 is 5.66. The lowest BCUT2D eigenvalue weighted by Gasteiger charge is -2.19. The number of nitrogens with one attached hydrogen (secondary N) is 2. The lowest BCUT2D eigenvalue weighted by atomic mass is 9.87. The average Bonchev–Trinajstić information content (AvgIpc) is 2.55. The van der Waals surface area contributed by atoms with Crippen molar-refractivity contribution >= 4 is 23.2 Å². The molecule has 2 rings (SSSR count). The van der Waals surface area contributed by atoms with Gasteiger partial charge in [0.15, 0.2) is 6.10 Å². The fraction of sp³-hybridized carbons (Fsp3) is 0.333. The van der Waals surface area contributed by atoms with Gasteiger partial charge in [0.1, 0.15) is 5.75 Å².